The third-order valence-corrected chi connectivity index (χ3v) is 2.21. The molecule has 0 aliphatic heterocycles. The van der Waals surface area contributed by atoms with E-state index in [0.29, 0.717) is 17.0 Å². The predicted molar refractivity (Wildman–Crippen MR) is 59.2 cm³/mol. The maximum Gasteiger partial charge on any atom is 0.336 e. The molecule has 0 atom stereocenters. The van der Waals surface area contributed by atoms with Crippen LogP contribution in [0.15, 0.2) is 36.7 Å². The Kier molecular flexibility index (Phi) is 2.64. The highest BCUT2D eigenvalue weighted by Gasteiger charge is 2.12. The van der Waals surface area contributed by atoms with E-state index in [0.717, 1.165) is 0 Å². The Labute approximate surface area is 92.6 Å². The number of carboxylic acid groups (broad SMARTS) is 1. The summed E-state index contributed by atoms with van der Waals surface area (Å²) in [6.07, 6.45) is 3.17. The fourth-order valence-electron chi connectivity index (χ4n) is 1.46. The molecule has 0 saturated heterocycles. The number of aromatic carboxylic acids is 1. The summed E-state index contributed by atoms with van der Waals surface area (Å²) in [6.45, 7) is 1.76. The van der Waals surface area contributed by atoms with E-state index in [9.17, 15) is 4.79 Å². The summed E-state index contributed by atoms with van der Waals surface area (Å²) in [4.78, 5) is 19.3. The molecule has 2 heterocycles. The van der Waals surface area contributed by atoms with Crippen molar-refractivity contribution in [3.05, 3.63) is 47.9 Å². The molecule has 0 amide bonds. The summed E-state index contributed by atoms with van der Waals surface area (Å²) in [5, 5.41) is 9.10. The Morgan fingerprint density at radius 3 is 2.75 bits per heavy atom. The van der Waals surface area contributed by atoms with Gasteiger partial charge >= 0.3 is 5.97 Å². The fourth-order valence-corrected chi connectivity index (χ4v) is 1.46. The first kappa shape index (κ1) is 10.3. The third-order valence-electron chi connectivity index (χ3n) is 2.21. The second-order valence-corrected chi connectivity index (χ2v) is 3.39. The molecule has 2 aromatic rings. The second-order valence-electron chi connectivity index (χ2n) is 3.39. The van der Waals surface area contributed by atoms with E-state index in [1.807, 2.05) is 6.07 Å². The number of carboxylic acids is 1. The maximum absolute atomic E-state index is 11.1. The van der Waals surface area contributed by atoms with Crippen molar-refractivity contribution in [2.75, 3.05) is 0 Å². The molecule has 0 fully saturated rings. The van der Waals surface area contributed by atoms with Gasteiger partial charge < -0.3 is 5.11 Å². The van der Waals surface area contributed by atoms with Gasteiger partial charge in [-0.05, 0) is 25.1 Å². The SMILES string of the molecule is Cc1cc(C(=O)O)c(-c2ccccn2)cn1. The lowest BCUT2D eigenvalue weighted by atomic mass is 10.1. The van der Waals surface area contributed by atoms with E-state index in [-0.39, 0.29) is 5.56 Å². The number of nitrogens with zero attached hydrogens (tertiary/aromatic N) is 2. The summed E-state index contributed by atoms with van der Waals surface area (Å²) < 4.78 is 0. The molecule has 80 valence electrons. The molecule has 0 bridgehead atoms. The smallest absolute Gasteiger partial charge is 0.336 e. The van der Waals surface area contributed by atoms with Crippen molar-refractivity contribution >= 4 is 5.97 Å². The molecule has 4 heteroatoms. The predicted octanol–water partition coefficient (Wildman–Crippen LogP) is 2.15. The summed E-state index contributed by atoms with van der Waals surface area (Å²) in [6, 6.07) is 6.91. The van der Waals surface area contributed by atoms with Gasteiger partial charge in [-0.1, -0.05) is 6.07 Å². The highest BCUT2D eigenvalue weighted by Crippen LogP contribution is 2.21. The molecule has 2 aromatic heterocycles. The van der Waals surface area contributed by atoms with E-state index in [1.54, 1.807) is 37.5 Å². The van der Waals surface area contributed by atoms with Crippen molar-refractivity contribution in [2.24, 2.45) is 0 Å². The summed E-state index contributed by atoms with van der Waals surface area (Å²) in [7, 11) is 0. The molecule has 16 heavy (non-hydrogen) atoms. The summed E-state index contributed by atoms with van der Waals surface area (Å²) >= 11 is 0. The van der Waals surface area contributed by atoms with Gasteiger partial charge in [-0.15, -0.1) is 0 Å². The zero-order valence-corrected chi connectivity index (χ0v) is 8.71. The van der Waals surface area contributed by atoms with E-state index >= 15 is 0 Å². The maximum atomic E-state index is 11.1. The number of aryl methyl sites for hydroxylation is 1. The lowest BCUT2D eigenvalue weighted by Crippen LogP contribution is -2.02. The van der Waals surface area contributed by atoms with Gasteiger partial charge in [0.1, 0.15) is 0 Å². The highest BCUT2D eigenvalue weighted by atomic mass is 16.4. The molecule has 0 radical (unpaired) electrons. The van der Waals surface area contributed by atoms with Crippen molar-refractivity contribution in [1.82, 2.24) is 9.97 Å². The van der Waals surface area contributed by atoms with Gasteiger partial charge in [0.2, 0.25) is 0 Å². The minimum absolute atomic E-state index is 0.228. The zero-order chi connectivity index (χ0) is 11.5. The molecule has 0 spiro atoms. The summed E-state index contributed by atoms with van der Waals surface area (Å²) in [5.74, 6) is -0.967. The van der Waals surface area contributed by atoms with E-state index in [4.69, 9.17) is 5.11 Å². The molecule has 0 unspecified atom stereocenters. The number of carbonyl (C=O) groups is 1. The minimum atomic E-state index is -0.967. The van der Waals surface area contributed by atoms with Gasteiger partial charge in [-0.25, -0.2) is 4.79 Å². The van der Waals surface area contributed by atoms with Gasteiger partial charge in [0.05, 0.1) is 11.3 Å². The minimum Gasteiger partial charge on any atom is -0.478 e. The molecule has 0 aliphatic carbocycles. The van der Waals surface area contributed by atoms with Crippen LogP contribution in [0.2, 0.25) is 0 Å². The van der Waals surface area contributed by atoms with E-state index < -0.39 is 5.97 Å². The number of aromatic nitrogens is 2. The van der Waals surface area contributed by atoms with Gasteiger partial charge in [0.15, 0.2) is 0 Å². The zero-order valence-electron chi connectivity index (χ0n) is 8.71. The van der Waals surface area contributed by atoms with Crippen molar-refractivity contribution < 1.29 is 9.90 Å². The van der Waals surface area contributed by atoms with Crippen molar-refractivity contribution in [2.45, 2.75) is 6.92 Å². The third kappa shape index (κ3) is 1.91. The molecular formula is C12H10N2O2. The average Bonchev–Trinajstić information content (AvgIpc) is 2.30. The largest absolute Gasteiger partial charge is 0.478 e. The first-order valence-corrected chi connectivity index (χ1v) is 4.80. The second kappa shape index (κ2) is 4.10. The molecule has 1 N–H and O–H groups in total. The van der Waals surface area contributed by atoms with Crippen LogP contribution in [0, 0.1) is 6.92 Å². The van der Waals surface area contributed by atoms with Crippen molar-refractivity contribution in [3.63, 3.8) is 0 Å². The molecule has 0 saturated carbocycles. The van der Waals surface area contributed by atoms with Gasteiger partial charge in [-0.3, -0.25) is 9.97 Å². The first-order chi connectivity index (χ1) is 7.68. The van der Waals surface area contributed by atoms with Crippen molar-refractivity contribution in [1.29, 1.82) is 0 Å². The Hall–Kier alpha value is -2.23. The van der Waals surface area contributed by atoms with Crippen LogP contribution in [0.5, 0.6) is 0 Å². The van der Waals surface area contributed by atoms with Crippen LogP contribution in [0.25, 0.3) is 11.3 Å². The van der Waals surface area contributed by atoms with Crippen molar-refractivity contribution in [3.8, 4) is 11.3 Å². The van der Waals surface area contributed by atoms with Crippen LogP contribution < -0.4 is 0 Å². The van der Waals surface area contributed by atoms with Gasteiger partial charge in [-0.2, -0.15) is 0 Å². The van der Waals surface area contributed by atoms with Gasteiger partial charge in [0.25, 0.3) is 0 Å². The molecular weight excluding hydrogens is 204 g/mol. The van der Waals surface area contributed by atoms with Crippen LogP contribution in [0.1, 0.15) is 16.1 Å². The normalized spacial score (nSPS) is 10.1. The van der Waals surface area contributed by atoms with E-state index in [2.05, 4.69) is 9.97 Å². The fraction of sp³-hybridized carbons (Fsp3) is 0.0833. The number of hydrogen-bond donors (Lipinski definition) is 1. The topological polar surface area (TPSA) is 63.1 Å². The van der Waals surface area contributed by atoms with E-state index in [1.165, 1.54) is 0 Å². The lowest BCUT2D eigenvalue weighted by molar-refractivity contribution is 0.0697. The van der Waals surface area contributed by atoms with Gasteiger partial charge in [0, 0.05) is 23.7 Å². The first-order valence-electron chi connectivity index (χ1n) is 4.80. The van der Waals surface area contributed by atoms with Crippen LogP contribution in [0.3, 0.4) is 0 Å². The number of rotatable bonds is 2. The quantitative estimate of drug-likeness (QED) is 0.831. The summed E-state index contributed by atoms with van der Waals surface area (Å²) in [5.41, 5.74) is 2.06. The Morgan fingerprint density at radius 1 is 1.31 bits per heavy atom. The molecule has 4 nitrogen and oxygen atoms in total. The van der Waals surface area contributed by atoms with Crippen LogP contribution >= 0.6 is 0 Å². The monoisotopic (exact) mass is 214 g/mol. The Balaban J connectivity index is 2.61. The number of pyridine rings is 2. The lowest BCUT2D eigenvalue weighted by Gasteiger charge is -2.05. The highest BCUT2D eigenvalue weighted by molar-refractivity contribution is 5.95. The van der Waals surface area contributed by atoms with Crippen LogP contribution in [-0.4, -0.2) is 21.0 Å². The Bertz CT molecular complexity index is 524. The van der Waals surface area contributed by atoms with Crippen LogP contribution in [-0.2, 0) is 0 Å². The standard InChI is InChI=1S/C12H10N2O2/c1-8-6-9(12(15)16)10(7-14-8)11-4-2-3-5-13-11/h2-7H,1H3,(H,15,16). The molecule has 0 aliphatic rings. The van der Waals surface area contributed by atoms with Crippen LogP contribution in [0.4, 0.5) is 0 Å². The number of hydrogen-bond acceptors (Lipinski definition) is 3. The average molecular weight is 214 g/mol. The Morgan fingerprint density at radius 2 is 2.12 bits per heavy atom. The molecule has 0 aromatic carbocycles. The molecule has 2 rings (SSSR count).